The summed E-state index contributed by atoms with van der Waals surface area (Å²) in [5.74, 6) is -2.01. The number of phenolic OH excluding ortho intramolecular Hbond substituents is 1. The average molecular weight is 480 g/mol. The first-order valence-electron chi connectivity index (χ1n) is 11.2. The lowest BCUT2D eigenvalue weighted by Crippen LogP contribution is -2.53. The maximum absolute atomic E-state index is 13.6. The number of esters is 1. The first-order chi connectivity index (χ1) is 15.8. The molecule has 190 valence electrons. The molecule has 34 heavy (non-hydrogen) atoms. The lowest BCUT2D eigenvalue weighted by atomic mass is 9.98. The van der Waals surface area contributed by atoms with Gasteiger partial charge in [0.25, 0.3) is 0 Å². The van der Waals surface area contributed by atoms with Crippen LogP contribution in [0.2, 0.25) is 0 Å². The number of carbonyl (C=O) groups excluding carboxylic acids is 4. The van der Waals surface area contributed by atoms with Crippen LogP contribution >= 0.6 is 0 Å². The molecule has 0 heterocycles. The monoisotopic (exact) mass is 479 g/mol. The Morgan fingerprint density at radius 1 is 1.12 bits per heavy atom. The fraction of sp³-hybridized carbons (Fsp3) is 0.583. The molecule has 3 amide bonds. The van der Waals surface area contributed by atoms with Crippen LogP contribution in [0, 0.1) is 5.92 Å². The number of alkyl carbamates (subject to hydrolysis) is 1. The number of carbonyl (C=O) groups is 4. The molecule has 2 atom stereocenters. The molecule has 0 aliphatic heterocycles. The maximum Gasteiger partial charge on any atom is 0.408 e. The molecule has 10 nitrogen and oxygen atoms in total. The summed E-state index contributed by atoms with van der Waals surface area (Å²) in [5, 5.41) is 15.5. The van der Waals surface area contributed by atoms with Crippen LogP contribution in [0.15, 0.2) is 24.3 Å². The van der Waals surface area contributed by atoms with E-state index < -0.39 is 48.1 Å². The molecular formula is C24H37N3O7. The number of methoxy groups -OCH3 is 1. The first-order valence-corrected chi connectivity index (χ1v) is 11.2. The predicted molar refractivity (Wildman–Crippen MR) is 126 cm³/mol. The Labute approximate surface area is 201 Å². The molecule has 1 aromatic carbocycles. The Hall–Kier alpha value is -3.30. The topological polar surface area (TPSA) is 134 Å². The van der Waals surface area contributed by atoms with Crippen LogP contribution in [0.25, 0.3) is 0 Å². The molecule has 0 saturated carbocycles. The van der Waals surface area contributed by atoms with Gasteiger partial charge in [-0.2, -0.15) is 0 Å². The van der Waals surface area contributed by atoms with Crippen LogP contribution in [-0.4, -0.2) is 65.7 Å². The van der Waals surface area contributed by atoms with Gasteiger partial charge in [-0.15, -0.1) is 0 Å². The van der Waals surface area contributed by atoms with Crippen molar-refractivity contribution < 1.29 is 33.8 Å². The number of ether oxygens (including phenoxy) is 2. The quantitative estimate of drug-likeness (QED) is 0.439. The van der Waals surface area contributed by atoms with E-state index in [9.17, 15) is 24.3 Å². The van der Waals surface area contributed by atoms with Crippen LogP contribution in [0.1, 0.15) is 59.6 Å². The number of hydrogen-bond acceptors (Lipinski definition) is 7. The minimum atomic E-state index is -1.25. The average Bonchev–Trinajstić information content (AvgIpc) is 2.73. The van der Waals surface area contributed by atoms with Gasteiger partial charge in [0.1, 0.15) is 30.0 Å². The zero-order chi connectivity index (χ0) is 26.1. The third kappa shape index (κ3) is 8.92. The molecule has 1 rings (SSSR count). The van der Waals surface area contributed by atoms with Crippen LogP contribution in [0.5, 0.6) is 5.75 Å². The van der Waals surface area contributed by atoms with Gasteiger partial charge in [0.2, 0.25) is 11.8 Å². The van der Waals surface area contributed by atoms with E-state index in [0.29, 0.717) is 6.42 Å². The van der Waals surface area contributed by atoms with Gasteiger partial charge in [-0.3, -0.25) is 14.4 Å². The molecular weight excluding hydrogens is 442 g/mol. The van der Waals surface area contributed by atoms with Crippen molar-refractivity contribution in [2.75, 3.05) is 20.2 Å². The van der Waals surface area contributed by atoms with E-state index in [1.54, 1.807) is 39.8 Å². The molecule has 0 bridgehead atoms. The normalized spacial score (nSPS) is 12.9. The van der Waals surface area contributed by atoms with E-state index in [1.165, 1.54) is 24.1 Å². The van der Waals surface area contributed by atoms with Crippen molar-refractivity contribution in [1.82, 2.24) is 15.5 Å². The first kappa shape index (κ1) is 28.7. The number of hydrogen-bond donors (Lipinski definition) is 3. The number of amides is 3. The highest BCUT2D eigenvalue weighted by molar-refractivity contribution is 5.93. The largest absolute Gasteiger partial charge is 0.508 e. The van der Waals surface area contributed by atoms with Crippen molar-refractivity contribution in [3.63, 3.8) is 0 Å². The van der Waals surface area contributed by atoms with E-state index in [2.05, 4.69) is 15.4 Å². The Balaban J connectivity index is 3.35. The smallest absolute Gasteiger partial charge is 0.408 e. The summed E-state index contributed by atoms with van der Waals surface area (Å²) in [7, 11) is 1.19. The third-order valence-electron chi connectivity index (χ3n) is 4.75. The Morgan fingerprint density at radius 2 is 1.74 bits per heavy atom. The van der Waals surface area contributed by atoms with Gasteiger partial charge in [0.05, 0.1) is 7.11 Å². The zero-order valence-corrected chi connectivity index (χ0v) is 21.0. The predicted octanol–water partition coefficient (Wildman–Crippen LogP) is 2.51. The van der Waals surface area contributed by atoms with Crippen molar-refractivity contribution >= 4 is 23.9 Å². The number of phenols is 1. The van der Waals surface area contributed by atoms with Crippen LogP contribution in [-0.2, 0) is 23.9 Å². The van der Waals surface area contributed by atoms with Crippen LogP contribution < -0.4 is 10.6 Å². The number of para-hydroxylation sites is 1. The van der Waals surface area contributed by atoms with Gasteiger partial charge in [0.15, 0.2) is 0 Å². The lowest BCUT2D eigenvalue weighted by Gasteiger charge is -2.34. The summed E-state index contributed by atoms with van der Waals surface area (Å²) >= 11 is 0. The maximum atomic E-state index is 13.6. The Kier molecular flexibility index (Phi) is 10.8. The van der Waals surface area contributed by atoms with E-state index in [-0.39, 0.29) is 23.8 Å². The molecule has 2 unspecified atom stereocenters. The molecule has 0 spiro atoms. The van der Waals surface area contributed by atoms with E-state index >= 15 is 0 Å². The number of nitrogens with zero attached hydrogens (tertiary/aromatic N) is 1. The zero-order valence-electron chi connectivity index (χ0n) is 21.0. The Morgan fingerprint density at radius 3 is 2.24 bits per heavy atom. The van der Waals surface area contributed by atoms with Gasteiger partial charge in [-0.25, -0.2) is 4.79 Å². The number of benzene rings is 1. The molecule has 3 N–H and O–H groups in total. The highest BCUT2D eigenvalue weighted by Gasteiger charge is 2.37. The molecule has 0 aliphatic carbocycles. The molecule has 0 aliphatic rings. The van der Waals surface area contributed by atoms with E-state index in [0.717, 1.165) is 0 Å². The van der Waals surface area contributed by atoms with Crippen molar-refractivity contribution in [1.29, 1.82) is 0 Å². The summed E-state index contributed by atoms with van der Waals surface area (Å²) in [4.78, 5) is 52.0. The number of nitrogens with one attached hydrogen (secondary N) is 2. The standard InChI is InChI=1S/C24H37N3O7/c1-8-27(22(31)17(13-15(2)3)26-23(32)34-24(4,5)6)20(16-11-9-10-12-18(16)28)21(30)25-14-19(29)33-7/h9-12,15,17,20,28H,8,13-14H2,1-7H3,(H,25,30)(H,26,32). The van der Waals surface area contributed by atoms with Gasteiger partial charge in [-0.05, 0) is 46.1 Å². The molecule has 0 radical (unpaired) electrons. The Bertz CT molecular complexity index is 864. The van der Waals surface area contributed by atoms with Gasteiger partial charge in [-0.1, -0.05) is 32.0 Å². The summed E-state index contributed by atoms with van der Waals surface area (Å²) < 4.78 is 9.88. The molecule has 1 aromatic rings. The van der Waals surface area contributed by atoms with Crippen molar-refractivity contribution in [3.05, 3.63) is 29.8 Å². The van der Waals surface area contributed by atoms with E-state index in [1.807, 2.05) is 13.8 Å². The summed E-state index contributed by atoms with van der Waals surface area (Å²) in [6, 6.07) is 3.91. The SMILES string of the molecule is CCN(C(=O)C(CC(C)C)NC(=O)OC(C)(C)C)C(C(=O)NCC(=O)OC)c1ccccc1O. The number of rotatable bonds is 10. The summed E-state index contributed by atoms with van der Waals surface area (Å²) in [6.45, 7) is 10.3. The minimum Gasteiger partial charge on any atom is -0.508 e. The number of likely N-dealkylation sites (N-methyl/N-ethyl adjacent to an activating group) is 1. The van der Waals surface area contributed by atoms with Crippen molar-refractivity contribution in [3.8, 4) is 5.75 Å². The number of aromatic hydroxyl groups is 1. The van der Waals surface area contributed by atoms with Crippen molar-refractivity contribution in [2.45, 2.75) is 65.6 Å². The fourth-order valence-electron chi connectivity index (χ4n) is 3.31. The molecule has 0 saturated heterocycles. The lowest BCUT2D eigenvalue weighted by molar-refractivity contribution is -0.144. The summed E-state index contributed by atoms with van der Waals surface area (Å²) in [5.41, 5.74) is -0.577. The van der Waals surface area contributed by atoms with Crippen molar-refractivity contribution in [2.24, 2.45) is 5.92 Å². The van der Waals surface area contributed by atoms with Gasteiger partial charge in [0, 0.05) is 12.1 Å². The summed E-state index contributed by atoms with van der Waals surface area (Å²) in [6.07, 6.45) is -0.455. The van der Waals surface area contributed by atoms with Gasteiger partial charge < -0.3 is 30.1 Å². The second-order valence-electron chi connectivity index (χ2n) is 9.21. The fourth-order valence-corrected chi connectivity index (χ4v) is 3.31. The van der Waals surface area contributed by atoms with Crippen LogP contribution in [0.3, 0.4) is 0 Å². The van der Waals surface area contributed by atoms with Crippen LogP contribution in [0.4, 0.5) is 4.79 Å². The highest BCUT2D eigenvalue weighted by Crippen LogP contribution is 2.30. The molecule has 0 aromatic heterocycles. The third-order valence-corrected chi connectivity index (χ3v) is 4.75. The highest BCUT2D eigenvalue weighted by atomic mass is 16.6. The minimum absolute atomic E-state index is 0.0410. The second kappa shape index (κ2) is 12.8. The van der Waals surface area contributed by atoms with E-state index in [4.69, 9.17) is 4.74 Å². The second-order valence-corrected chi connectivity index (χ2v) is 9.21. The molecule has 10 heteroatoms. The van der Waals surface area contributed by atoms with Gasteiger partial charge >= 0.3 is 12.1 Å². The molecule has 0 fully saturated rings.